The van der Waals surface area contributed by atoms with Crippen molar-refractivity contribution in [3.05, 3.63) is 129 Å². The van der Waals surface area contributed by atoms with Crippen molar-refractivity contribution in [3.63, 3.8) is 0 Å². The van der Waals surface area contributed by atoms with Gasteiger partial charge in [0.15, 0.2) is 0 Å². The van der Waals surface area contributed by atoms with Gasteiger partial charge in [0.1, 0.15) is 0 Å². The van der Waals surface area contributed by atoms with Crippen LogP contribution in [0.4, 0.5) is 0 Å². The topological polar surface area (TPSA) is 0 Å². The second-order valence-corrected chi connectivity index (χ2v) is 66.3. The van der Waals surface area contributed by atoms with Crippen molar-refractivity contribution in [2.75, 3.05) is 0 Å². The number of hydrogen-bond acceptors (Lipinski definition) is 0. The summed E-state index contributed by atoms with van der Waals surface area (Å²) >= 11 is -4.96. The fourth-order valence-electron chi connectivity index (χ4n) is 17.8. The predicted molar refractivity (Wildman–Crippen MR) is 270 cm³/mol. The summed E-state index contributed by atoms with van der Waals surface area (Å²) in [6, 6.07) is 34.3. The molecule has 0 nitrogen and oxygen atoms in total. The summed E-state index contributed by atoms with van der Waals surface area (Å²) in [5.74, 6) is 4.48. The third kappa shape index (κ3) is 6.45. The molecule has 0 radical (unpaired) electrons. The summed E-state index contributed by atoms with van der Waals surface area (Å²) in [5, 5.41) is 0. The van der Waals surface area contributed by atoms with Crippen LogP contribution in [0.3, 0.4) is 0 Å². The van der Waals surface area contributed by atoms with Gasteiger partial charge in [-0.05, 0) is 0 Å². The van der Waals surface area contributed by atoms with Crippen LogP contribution in [-0.4, -0.2) is 5.92 Å². The van der Waals surface area contributed by atoms with Crippen molar-refractivity contribution in [2.45, 2.75) is 148 Å². The van der Waals surface area contributed by atoms with Crippen LogP contribution in [0.25, 0.3) is 34.4 Å². The standard InChI is InChI=1S/C30H35.C27H29.C2H7Si.2ClH.Zr/c1-3-5-20(2)26-15-25-6-4-7-28(29(25)16-26)24-8-10-27(11-9-24)30-17-21-12-22(18-30)14-23(13-21)19-30;1-2-18-13-23-4-3-5-25(26(23)14-18)22-6-8-24(9-7-22)27-15-19-10-20(16-27)12-21(11-19)17-27;1-3-2;;;/h4,6-11,15-16,20-23H,3,5,12-14,17-19H2,1-2H3;3-9,13-14,19-21H,2,10-12,15-17H2,1H3;3H,1-2H3;2*1H;/q;;;;;+2/p-2. The van der Waals surface area contributed by atoms with Crippen molar-refractivity contribution in [1.29, 1.82) is 0 Å². The van der Waals surface area contributed by atoms with Crippen LogP contribution in [-0.2, 0) is 26.4 Å². The first-order chi connectivity index (χ1) is 30.4. The van der Waals surface area contributed by atoms with E-state index in [2.05, 4.69) is 131 Å². The molecule has 0 aromatic heterocycles. The molecule has 0 spiro atoms. The van der Waals surface area contributed by atoms with Gasteiger partial charge in [0.25, 0.3) is 0 Å². The van der Waals surface area contributed by atoms with Gasteiger partial charge < -0.3 is 0 Å². The second-order valence-electron chi connectivity index (χ2n) is 23.8. The first-order valence-electron chi connectivity index (χ1n) is 25.9. The molecule has 0 saturated heterocycles. The molecule has 63 heavy (non-hydrogen) atoms. The number of rotatable bonds is 11. The normalized spacial score (nSPS) is 34.4. The Morgan fingerprint density at radius 1 is 0.571 bits per heavy atom. The van der Waals surface area contributed by atoms with Gasteiger partial charge in [-0.3, -0.25) is 0 Å². The van der Waals surface area contributed by atoms with Crippen LogP contribution in [0.1, 0.15) is 158 Å². The SMILES string of the molecule is CCCC(C)C1=Cc2c(-c3ccc(C45CC6CC(CC(C6)C4)C5)cc3)cccc2[CH]1[Zr]([Cl])([Cl])([CH]1C(CC)=Cc2c(-c3ccc(C45CC6CC(CC(C6)C4)C5)cc3)cccc21)[SiH](C)C. The molecule has 0 heterocycles. The van der Waals surface area contributed by atoms with Crippen LogP contribution in [0.5, 0.6) is 0 Å². The zero-order chi connectivity index (χ0) is 43.1. The Morgan fingerprint density at radius 2 is 0.984 bits per heavy atom. The van der Waals surface area contributed by atoms with E-state index >= 15 is 0 Å². The Morgan fingerprint density at radius 3 is 1.38 bits per heavy atom. The minimum absolute atomic E-state index is 0.110. The summed E-state index contributed by atoms with van der Waals surface area (Å²) in [5.41, 5.74) is 18.1. The second kappa shape index (κ2) is 15.3. The molecule has 8 bridgehead atoms. The van der Waals surface area contributed by atoms with Gasteiger partial charge in [-0.15, -0.1) is 0 Å². The predicted octanol–water partition coefficient (Wildman–Crippen LogP) is 17.4. The van der Waals surface area contributed by atoms with E-state index in [1.54, 1.807) is 11.1 Å². The van der Waals surface area contributed by atoms with E-state index in [-0.39, 0.29) is 7.25 Å². The van der Waals surface area contributed by atoms with Crippen LogP contribution in [0.2, 0.25) is 13.1 Å². The van der Waals surface area contributed by atoms with Crippen LogP contribution in [0.15, 0.2) is 96.1 Å². The molecule has 8 saturated carbocycles. The fourth-order valence-corrected chi connectivity index (χ4v) is 49.3. The summed E-state index contributed by atoms with van der Waals surface area (Å²) in [7, 11) is 18.0. The first kappa shape index (κ1) is 42.4. The Kier molecular flexibility index (Phi) is 10.3. The van der Waals surface area contributed by atoms with Crippen molar-refractivity contribution in [3.8, 4) is 22.3 Å². The Labute approximate surface area is 388 Å². The summed E-state index contributed by atoms with van der Waals surface area (Å²) in [6.45, 7) is 12.2. The quantitative estimate of drug-likeness (QED) is 0.131. The maximum atomic E-state index is 9.00. The monoisotopic (exact) mass is 967 g/mol. The molecule has 0 amide bonds. The van der Waals surface area contributed by atoms with Crippen molar-refractivity contribution in [1.82, 2.24) is 0 Å². The number of halogens is 2. The van der Waals surface area contributed by atoms with E-state index in [4.69, 9.17) is 17.0 Å². The third-order valence-corrected chi connectivity index (χ3v) is 71.6. The Balaban J connectivity index is 0.927. The van der Waals surface area contributed by atoms with Gasteiger partial charge in [-0.1, -0.05) is 0 Å². The van der Waals surface area contributed by atoms with Crippen LogP contribution < -0.4 is 0 Å². The minimum atomic E-state index is -4.96. The molecule has 0 N–H and O–H groups in total. The molecular weight excluding hydrogens is 899 g/mol. The Bertz CT molecular complexity index is 2450. The number of allylic oxidation sites excluding steroid dienone is 2. The van der Waals surface area contributed by atoms with Gasteiger partial charge in [0.05, 0.1) is 0 Å². The van der Waals surface area contributed by atoms with Gasteiger partial charge in [-0.25, -0.2) is 0 Å². The summed E-state index contributed by atoms with van der Waals surface area (Å²) < 4.78 is 0.224. The number of fused-ring (bicyclic) bond motifs is 2. The molecule has 3 atom stereocenters. The summed E-state index contributed by atoms with van der Waals surface area (Å²) in [4.78, 5) is 0. The maximum absolute atomic E-state index is 9.00. The van der Waals surface area contributed by atoms with Gasteiger partial charge in [0.2, 0.25) is 0 Å². The zero-order valence-electron chi connectivity index (χ0n) is 38.9. The van der Waals surface area contributed by atoms with E-state index in [0.717, 1.165) is 54.8 Å². The summed E-state index contributed by atoms with van der Waals surface area (Å²) in [6.07, 6.45) is 25.9. The number of benzene rings is 4. The number of hydrogen-bond donors (Lipinski definition) is 0. The van der Waals surface area contributed by atoms with E-state index in [1.807, 2.05) is 0 Å². The average molecular weight is 970 g/mol. The molecule has 10 aliphatic rings. The molecular formula is C59H71Cl2SiZr. The van der Waals surface area contributed by atoms with Gasteiger partial charge in [0, 0.05) is 0 Å². The van der Waals surface area contributed by atoms with E-state index in [0.29, 0.717) is 16.7 Å². The average Bonchev–Trinajstić information content (AvgIpc) is 3.87. The van der Waals surface area contributed by atoms with Crippen molar-refractivity contribution in [2.24, 2.45) is 41.4 Å². The molecule has 4 aromatic rings. The molecule has 0 aliphatic heterocycles. The van der Waals surface area contributed by atoms with Gasteiger partial charge >= 0.3 is 392 Å². The van der Waals surface area contributed by atoms with E-state index in [9.17, 15) is 0 Å². The van der Waals surface area contributed by atoms with E-state index < -0.39 is 21.5 Å². The molecule has 10 aliphatic carbocycles. The molecule has 3 unspecified atom stereocenters. The van der Waals surface area contributed by atoms with Gasteiger partial charge in [-0.2, -0.15) is 0 Å². The molecule has 329 valence electrons. The van der Waals surface area contributed by atoms with Crippen molar-refractivity contribution < 1.29 is 15.6 Å². The zero-order valence-corrected chi connectivity index (χ0v) is 44.0. The van der Waals surface area contributed by atoms with Crippen LogP contribution in [0, 0.1) is 41.4 Å². The van der Waals surface area contributed by atoms with E-state index in [1.165, 1.54) is 133 Å². The molecule has 8 fully saturated rings. The Hall–Kier alpha value is -1.96. The fraction of sp³-hybridized carbons (Fsp3) is 0.525. The molecule has 4 aromatic carbocycles. The molecule has 4 heteroatoms. The molecule has 14 rings (SSSR count). The first-order valence-corrected chi connectivity index (χ1v) is 42.2. The third-order valence-electron chi connectivity index (χ3n) is 19.8. The van der Waals surface area contributed by atoms with Crippen LogP contribution >= 0.6 is 17.0 Å². The van der Waals surface area contributed by atoms with Crippen molar-refractivity contribution >= 4 is 35.1 Å².